The molecule has 0 atom stereocenters. The molecule has 9 heteroatoms. The van der Waals surface area contributed by atoms with Crippen LogP contribution >= 0.6 is 11.3 Å². The molecular weight excluding hydrogens is 406 g/mol. The van der Waals surface area contributed by atoms with Gasteiger partial charge in [-0.3, -0.25) is 4.72 Å². The minimum atomic E-state index is -3.99. The first-order valence-electron chi connectivity index (χ1n) is 8.37. The third-order valence-corrected chi connectivity index (χ3v) is 7.04. The average Bonchev–Trinajstić information content (AvgIpc) is 3.11. The molecule has 28 heavy (non-hydrogen) atoms. The number of nitrogens with one attached hydrogen (secondary N) is 1. The van der Waals surface area contributed by atoms with Gasteiger partial charge < -0.3 is 4.74 Å². The number of aryl methyl sites for hydroxylation is 2. The molecule has 2 aromatic heterocycles. The van der Waals surface area contributed by atoms with Crippen LogP contribution in [-0.2, 0) is 16.4 Å². The first-order chi connectivity index (χ1) is 13.2. The van der Waals surface area contributed by atoms with Crippen molar-refractivity contribution in [1.82, 2.24) is 4.98 Å². The second-order valence-corrected chi connectivity index (χ2v) is 9.02. The summed E-state index contributed by atoms with van der Waals surface area (Å²) in [6.45, 7) is 3.80. The van der Waals surface area contributed by atoms with Crippen molar-refractivity contribution < 1.29 is 21.9 Å². The number of sulfonamides is 1. The van der Waals surface area contributed by atoms with Gasteiger partial charge in [0, 0.05) is 27.8 Å². The quantitative estimate of drug-likeness (QED) is 0.619. The highest BCUT2D eigenvalue weighted by molar-refractivity contribution is 7.94. The van der Waals surface area contributed by atoms with E-state index < -0.39 is 21.7 Å². The predicted octanol–water partition coefficient (Wildman–Crippen LogP) is 4.77. The molecule has 1 aromatic carbocycles. The van der Waals surface area contributed by atoms with E-state index in [-0.39, 0.29) is 9.90 Å². The van der Waals surface area contributed by atoms with Gasteiger partial charge in [0.15, 0.2) is 0 Å². The zero-order valence-electron chi connectivity index (χ0n) is 15.4. The van der Waals surface area contributed by atoms with Crippen molar-refractivity contribution in [2.75, 3.05) is 11.8 Å². The van der Waals surface area contributed by atoms with Gasteiger partial charge in [0.05, 0.1) is 12.8 Å². The second kappa shape index (κ2) is 7.84. The molecule has 0 spiro atoms. The number of halogens is 2. The van der Waals surface area contributed by atoms with Crippen molar-refractivity contribution in [3.63, 3.8) is 0 Å². The van der Waals surface area contributed by atoms with E-state index in [0.29, 0.717) is 28.9 Å². The lowest BCUT2D eigenvalue weighted by molar-refractivity contribution is 0.392. The normalized spacial score (nSPS) is 11.5. The summed E-state index contributed by atoms with van der Waals surface area (Å²) in [5, 5.41) is 0. The van der Waals surface area contributed by atoms with Crippen LogP contribution in [0.25, 0.3) is 10.4 Å². The van der Waals surface area contributed by atoms with E-state index in [1.165, 1.54) is 6.07 Å². The Morgan fingerprint density at radius 1 is 1.14 bits per heavy atom. The summed E-state index contributed by atoms with van der Waals surface area (Å²) in [7, 11) is -2.43. The van der Waals surface area contributed by atoms with Gasteiger partial charge in [-0.1, -0.05) is 6.92 Å². The van der Waals surface area contributed by atoms with Crippen molar-refractivity contribution in [3.8, 4) is 16.3 Å². The second-order valence-electron chi connectivity index (χ2n) is 6.03. The fourth-order valence-corrected chi connectivity index (χ4v) is 5.15. The Kier molecular flexibility index (Phi) is 5.66. The molecule has 0 bridgehead atoms. The molecule has 0 amide bonds. The van der Waals surface area contributed by atoms with E-state index in [2.05, 4.69) is 9.71 Å². The number of aromatic nitrogens is 1. The van der Waals surface area contributed by atoms with Gasteiger partial charge in [-0.2, -0.15) is 0 Å². The molecule has 2 heterocycles. The van der Waals surface area contributed by atoms with Crippen LogP contribution in [0, 0.1) is 18.6 Å². The Morgan fingerprint density at radius 3 is 2.43 bits per heavy atom. The zero-order valence-corrected chi connectivity index (χ0v) is 17.0. The summed E-state index contributed by atoms with van der Waals surface area (Å²) in [6.07, 6.45) is 0.715. The Morgan fingerprint density at radius 2 is 1.82 bits per heavy atom. The van der Waals surface area contributed by atoms with Gasteiger partial charge >= 0.3 is 0 Å². The maximum absolute atomic E-state index is 13.3. The summed E-state index contributed by atoms with van der Waals surface area (Å²) >= 11 is 1.05. The van der Waals surface area contributed by atoms with E-state index in [1.54, 1.807) is 13.2 Å². The van der Waals surface area contributed by atoms with Crippen LogP contribution in [0.2, 0.25) is 0 Å². The summed E-state index contributed by atoms with van der Waals surface area (Å²) in [4.78, 5) is 5.15. The number of hydrogen-bond acceptors (Lipinski definition) is 5. The fourth-order valence-electron chi connectivity index (χ4n) is 2.73. The van der Waals surface area contributed by atoms with Crippen LogP contribution in [0.4, 0.5) is 14.5 Å². The maximum Gasteiger partial charge on any atom is 0.271 e. The lowest BCUT2D eigenvalue weighted by Gasteiger charge is -2.10. The number of pyridine rings is 1. The summed E-state index contributed by atoms with van der Waals surface area (Å²) in [5.74, 6) is -1.18. The molecule has 0 saturated heterocycles. The smallest absolute Gasteiger partial charge is 0.271 e. The van der Waals surface area contributed by atoms with E-state index in [4.69, 9.17) is 4.74 Å². The minimum absolute atomic E-state index is 0.0282. The van der Waals surface area contributed by atoms with Crippen LogP contribution in [-0.4, -0.2) is 20.5 Å². The van der Waals surface area contributed by atoms with E-state index in [1.807, 2.05) is 19.9 Å². The van der Waals surface area contributed by atoms with E-state index in [0.717, 1.165) is 34.6 Å². The van der Waals surface area contributed by atoms with Gasteiger partial charge in [-0.05, 0) is 43.7 Å². The largest absolute Gasteiger partial charge is 0.481 e. The van der Waals surface area contributed by atoms with Crippen LogP contribution in [0.5, 0.6) is 5.88 Å². The van der Waals surface area contributed by atoms with Gasteiger partial charge in [-0.25, -0.2) is 22.2 Å². The van der Waals surface area contributed by atoms with Crippen molar-refractivity contribution in [3.05, 3.63) is 59.3 Å². The molecule has 148 valence electrons. The van der Waals surface area contributed by atoms with Crippen LogP contribution in [0.3, 0.4) is 0 Å². The molecule has 1 N–H and O–H groups in total. The molecule has 3 rings (SSSR count). The highest BCUT2D eigenvalue weighted by Crippen LogP contribution is 2.35. The Balaban J connectivity index is 1.95. The van der Waals surface area contributed by atoms with E-state index in [9.17, 15) is 17.2 Å². The Labute approximate surface area is 166 Å². The molecule has 3 aromatic rings. The third-order valence-electron chi connectivity index (χ3n) is 4.05. The highest BCUT2D eigenvalue weighted by atomic mass is 32.2. The molecule has 0 aliphatic carbocycles. The Hall–Kier alpha value is -2.52. The predicted molar refractivity (Wildman–Crippen MR) is 105 cm³/mol. The summed E-state index contributed by atoms with van der Waals surface area (Å²) < 4.78 is 59.3. The molecule has 0 aliphatic heterocycles. The average molecular weight is 424 g/mol. The molecule has 0 aliphatic rings. The maximum atomic E-state index is 13.3. The summed E-state index contributed by atoms with van der Waals surface area (Å²) in [6, 6.07) is 7.57. The number of hydrogen-bond donors (Lipinski definition) is 1. The number of thiophene rings is 1. The monoisotopic (exact) mass is 424 g/mol. The lowest BCUT2D eigenvalue weighted by atomic mass is 10.1. The number of benzene rings is 1. The molecular formula is C19H18F2N2O3S2. The molecule has 0 unspecified atom stereocenters. The number of anilines is 1. The first-order valence-corrected chi connectivity index (χ1v) is 10.7. The van der Waals surface area contributed by atoms with Crippen LogP contribution in [0.1, 0.15) is 18.2 Å². The van der Waals surface area contributed by atoms with Gasteiger partial charge in [-0.15, -0.1) is 11.3 Å². The SMILES string of the molecule is CCc1cc(-c2ccc(S(=O)(=O)Nc3cc(F)cc(F)c3)s2)c(C)nc1OC. The fraction of sp³-hybridized carbons (Fsp3) is 0.211. The van der Waals surface area contributed by atoms with Crippen LogP contribution < -0.4 is 9.46 Å². The summed E-state index contributed by atoms with van der Waals surface area (Å²) in [5.41, 5.74) is 2.25. The first kappa shape index (κ1) is 20.2. The van der Waals surface area contributed by atoms with Crippen molar-refractivity contribution in [2.45, 2.75) is 24.5 Å². The number of ether oxygens (including phenoxy) is 1. The van der Waals surface area contributed by atoms with Crippen LogP contribution in [0.15, 0.2) is 40.6 Å². The molecule has 5 nitrogen and oxygen atoms in total. The van der Waals surface area contributed by atoms with E-state index >= 15 is 0 Å². The van der Waals surface area contributed by atoms with Crippen molar-refractivity contribution in [1.29, 1.82) is 0 Å². The number of nitrogens with zero attached hydrogens (tertiary/aromatic N) is 1. The van der Waals surface area contributed by atoms with Crippen molar-refractivity contribution >= 4 is 27.0 Å². The van der Waals surface area contributed by atoms with Gasteiger partial charge in [0.1, 0.15) is 15.8 Å². The van der Waals surface area contributed by atoms with Crippen molar-refractivity contribution in [2.24, 2.45) is 0 Å². The molecule has 0 saturated carbocycles. The standard InChI is InChI=1S/C19H18F2N2O3S2/c1-4-12-7-16(11(2)22-19(12)26-3)17-5-6-18(27-17)28(24,25)23-15-9-13(20)8-14(21)10-15/h5-10,23H,4H2,1-3H3. The molecule has 0 radical (unpaired) electrons. The zero-order chi connectivity index (χ0) is 20.5. The third kappa shape index (κ3) is 4.15. The highest BCUT2D eigenvalue weighted by Gasteiger charge is 2.20. The van der Waals surface area contributed by atoms with Gasteiger partial charge in [0.2, 0.25) is 5.88 Å². The molecule has 0 fully saturated rings. The number of methoxy groups -OCH3 is 1. The Bertz CT molecular complexity index is 1110. The lowest BCUT2D eigenvalue weighted by Crippen LogP contribution is -2.11. The van der Waals surface area contributed by atoms with Gasteiger partial charge in [0.25, 0.3) is 10.0 Å². The topological polar surface area (TPSA) is 68.3 Å². The minimum Gasteiger partial charge on any atom is -0.481 e. The number of rotatable bonds is 6.